The Morgan fingerprint density at radius 1 is 0.312 bits per heavy atom. The van der Waals surface area contributed by atoms with E-state index in [1.54, 1.807) is 0 Å². The Labute approximate surface area is 282 Å². The second-order valence-electron chi connectivity index (χ2n) is 14.8. The number of rotatable bonds is 2. The van der Waals surface area contributed by atoms with Crippen molar-refractivity contribution in [3.8, 4) is 44.5 Å². The predicted octanol–water partition coefficient (Wildman–Crippen LogP) is 13.1. The Kier molecular flexibility index (Phi) is 5.50. The molecule has 8 aromatic carbocycles. The monoisotopic (exact) mass is 612 g/mol. The van der Waals surface area contributed by atoms with Gasteiger partial charge in [0.05, 0.1) is 0 Å². The summed E-state index contributed by atoms with van der Waals surface area (Å²) in [5, 5.41) is 7.77. The first-order valence-electron chi connectivity index (χ1n) is 17.2. The molecule has 0 bridgehead atoms. The van der Waals surface area contributed by atoms with E-state index in [0.717, 1.165) is 0 Å². The smallest absolute Gasteiger partial charge is 0.0165 e. The van der Waals surface area contributed by atoms with Crippen LogP contribution in [0.2, 0.25) is 0 Å². The molecule has 0 aromatic heterocycles. The molecule has 0 amide bonds. The summed E-state index contributed by atoms with van der Waals surface area (Å²) < 4.78 is 0. The molecule has 228 valence electrons. The van der Waals surface area contributed by atoms with Crippen molar-refractivity contribution in [2.75, 3.05) is 0 Å². The van der Waals surface area contributed by atoms with Crippen molar-refractivity contribution in [3.05, 3.63) is 168 Å². The van der Waals surface area contributed by atoms with Crippen LogP contribution < -0.4 is 0 Å². The van der Waals surface area contributed by atoms with Gasteiger partial charge in [-0.1, -0.05) is 167 Å². The fourth-order valence-electron chi connectivity index (χ4n) is 9.50. The lowest BCUT2D eigenvalue weighted by Crippen LogP contribution is -2.18. The molecule has 0 nitrogen and oxygen atoms in total. The first-order valence-corrected chi connectivity index (χ1v) is 17.2. The van der Waals surface area contributed by atoms with Crippen molar-refractivity contribution in [3.63, 3.8) is 0 Å². The van der Waals surface area contributed by atoms with Gasteiger partial charge in [0.25, 0.3) is 0 Å². The van der Waals surface area contributed by atoms with Crippen LogP contribution in [0.15, 0.2) is 146 Å². The molecule has 10 rings (SSSR count). The normalized spacial score (nSPS) is 15.0. The number of benzene rings is 8. The molecule has 0 saturated carbocycles. The number of hydrogen-bond acceptors (Lipinski definition) is 0. The summed E-state index contributed by atoms with van der Waals surface area (Å²) in [6.45, 7) is 9.71. The standard InChI is InChI=1S/C48H36/c1-47(2)39-26-13-11-23-36(39)44-41(47)28-38(46-45(44)37-24-12-14-27-40(37)48(46,3)4)43-34-21-9-7-19-32(34)42(33-20-8-10-22-35(33)43)31-25-15-17-29-16-5-6-18-30(29)31/h5-28H,1-4H3. The first kappa shape index (κ1) is 27.6. The lowest BCUT2D eigenvalue weighted by molar-refractivity contribution is 0.652. The Balaban J connectivity index is 1.41. The quantitative estimate of drug-likeness (QED) is 0.170. The average Bonchev–Trinajstić information content (AvgIpc) is 3.50. The molecule has 0 heterocycles. The van der Waals surface area contributed by atoms with Crippen molar-refractivity contribution in [1.29, 1.82) is 0 Å². The van der Waals surface area contributed by atoms with Crippen LogP contribution in [0, 0.1) is 0 Å². The lowest BCUT2D eigenvalue weighted by atomic mass is 9.73. The summed E-state index contributed by atoms with van der Waals surface area (Å²) in [5.41, 5.74) is 16.3. The van der Waals surface area contributed by atoms with Gasteiger partial charge in [-0.15, -0.1) is 0 Å². The van der Waals surface area contributed by atoms with Crippen molar-refractivity contribution >= 4 is 32.3 Å². The van der Waals surface area contributed by atoms with Gasteiger partial charge in [-0.25, -0.2) is 0 Å². The van der Waals surface area contributed by atoms with Gasteiger partial charge in [0, 0.05) is 10.8 Å². The molecule has 0 fully saturated rings. The van der Waals surface area contributed by atoms with Crippen LogP contribution >= 0.6 is 0 Å². The van der Waals surface area contributed by atoms with Crippen molar-refractivity contribution in [2.45, 2.75) is 38.5 Å². The van der Waals surface area contributed by atoms with Crippen LogP contribution in [-0.2, 0) is 10.8 Å². The fraction of sp³-hybridized carbons (Fsp3) is 0.125. The summed E-state index contributed by atoms with van der Waals surface area (Å²) in [6.07, 6.45) is 0. The third-order valence-electron chi connectivity index (χ3n) is 11.6. The van der Waals surface area contributed by atoms with Crippen LogP contribution in [0.1, 0.15) is 49.9 Å². The van der Waals surface area contributed by atoms with E-state index in [2.05, 4.69) is 173 Å². The molecule has 0 radical (unpaired) electrons. The minimum Gasteiger partial charge on any atom is -0.0619 e. The number of hydrogen-bond donors (Lipinski definition) is 0. The molecule has 0 saturated heterocycles. The van der Waals surface area contributed by atoms with Crippen molar-refractivity contribution in [1.82, 2.24) is 0 Å². The lowest BCUT2D eigenvalue weighted by Gasteiger charge is -2.29. The molecule has 8 aromatic rings. The predicted molar refractivity (Wildman–Crippen MR) is 205 cm³/mol. The minimum atomic E-state index is -0.172. The van der Waals surface area contributed by atoms with E-state index >= 15 is 0 Å². The zero-order valence-electron chi connectivity index (χ0n) is 27.9. The zero-order valence-corrected chi connectivity index (χ0v) is 27.9. The molecule has 48 heavy (non-hydrogen) atoms. The molecule has 2 aliphatic rings. The van der Waals surface area contributed by atoms with E-state index in [4.69, 9.17) is 0 Å². The van der Waals surface area contributed by atoms with Gasteiger partial charge in [-0.3, -0.25) is 0 Å². The largest absolute Gasteiger partial charge is 0.0619 e. The molecule has 0 atom stereocenters. The third-order valence-corrected chi connectivity index (χ3v) is 11.6. The molecular weight excluding hydrogens is 577 g/mol. The van der Waals surface area contributed by atoms with E-state index in [9.17, 15) is 0 Å². The summed E-state index contributed by atoms with van der Waals surface area (Å²) in [7, 11) is 0. The van der Waals surface area contributed by atoms with Gasteiger partial charge in [-0.2, -0.15) is 0 Å². The van der Waals surface area contributed by atoms with Gasteiger partial charge in [0.1, 0.15) is 0 Å². The van der Waals surface area contributed by atoms with Crippen LogP contribution in [0.25, 0.3) is 76.8 Å². The highest BCUT2D eigenvalue weighted by atomic mass is 14.5. The maximum atomic E-state index is 2.59. The van der Waals surface area contributed by atoms with Crippen molar-refractivity contribution in [2.24, 2.45) is 0 Å². The van der Waals surface area contributed by atoms with E-state index in [1.165, 1.54) is 99.1 Å². The molecule has 0 N–H and O–H groups in total. The summed E-state index contributed by atoms with van der Waals surface area (Å²) in [6, 6.07) is 54.7. The van der Waals surface area contributed by atoms with Crippen LogP contribution in [0.4, 0.5) is 0 Å². The van der Waals surface area contributed by atoms with Gasteiger partial charge >= 0.3 is 0 Å². The summed E-state index contributed by atoms with van der Waals surface area (Å²) >= 11 is 0. The third kappa shape index (κ3) is 3.45. The summed E-state index contributed by atoms with van der Waals surface area (Å²) in [4.78, 5) is 0. The van der Waals surface area contributed by atoms with Gasteiger partial charge in [-0.05, 0) is 105 Å². The Hall–Kier alpha value is -5.46. The fourth-order valence-corrected chi connectivity index (χ4v) is 9.50. The van der Waals surface area contributed by atoms with E-state index in [-0.39, 0.29) is 10.8 Å². The van der Waals surface area contributed by atoms with E-state index in [0.29, 0.717) is 0 Å². The molecule has 2 aliphatic carbocycles. The minimum absolute atomic E-state index is 0.119. The Morgan fingerprint density at radius 2 is 0.750 bits per heavy atom. The second-order valence-corrected chi connectivity index (χ2v) is 14.8. The zero-order chi connectivity index (χ0) is 32.4. The van der Waals surface area contributed by atoms with Gasteiger partial charge < -0.3 is 0 Å². The van der Waals surface area contributed by atoms with Gasteiger partial charge in [0.2, 0.25) is 0 Å². The maximum Gasteiger partial charge on any atom is 0.0165 e. The van der Waals surface area contributed by atoms with Crippen LogP contribution in [-0.4, -0.2) is 0 Å². The molecule has 0 heteroatoms. The molecular formula is C48H36. The second kappa shape index (κ2) is 9.55. The van der Waals surface area contributed by atoms with Crippen molar-refractivity contribution < 1.29 is 0 Å². The SMILES string of the molecule is CC1(C)c2ccccc2-c2c1cc(-c1c3ccccc3c(-c3cccc4ccccc34)c3ccccc13)c1c2-c2ccccc2C1(C)C. The van der Waals surface area contributed by atoms with Gasteiger partial charge in [0.15, 0.2) is 0 Å². The molecule has 0 spiro atoms. The number of fused-ring (bicyclic) bond motifs is 10. The van der Waals surface area contributed by atoms with E-state index in [1.807, 2.05) is 0 Å². The average molecular weight is 613 g/mol. The highest BCUT2D eigenvalue weighted by Gasteiger charge is 2.45. The molecule has 0 aliphatic heterocycles. The molecule has 0 unspecified atom stereocenters. The van der Waals surface area contributed by atoms with Crippen LogP contribution in [0.3, 0.4) is 0 Å². The first-order chi connectivity index (χ1) is 23.4. The van der Waals surface area contributed by atoms with Crippen LogP contribution in [0.5, 0.6) is 0 Å². The maximum absolute atomic E-state index is 2.59. The topological polar surface area (TPSA) is 0 Å². The highest BCUT2D eigenvalue weighted by molar-refractivity contribution is 6.24. The summed E-state index contributed by atoms with van der Waals surface area (Å²) in [5.74, 6) is 0. The van der Waals surface area contributed by atoms with E-state index < -0.39 is 0 Å². The highest BCUT2D eigenvalue weighted by Crippen LogP contribution is 2.62. The Bertz CT molecular complexity index is 2600. The Morgan fingerprint density at radius 3 is 1.38 bits per heavy atom.